The monoisotopic (exact) mass is 250 g/mol. The largest absolute Gasteiger partial charge is 0.271 e. The predicted molar refractivity (Wildman–Crippen MR) is 76.1 cm³/mol. The highest BCUT2D eigenvalue weighted by atomic mass is 32.2. The van der Waals surface area contributed by atoms with Crippen LogP contribution < -0.4 is 11.3 Å². The third kappa shape index (κ3) is 3.03. The molecule has 3 N–H and O–H groups in total. The van der Waals surface area contributed by atoms with Crippen molar-refractivity contribution in [3.63, 3.8) is 0 Å². The van der Waals surface area contributed by atoms with Gasteiger partial charge in [0.25, 0.3) is 0 Å². The summed E-state index contributed by atoms with van der Waals surface area (Å²) in [5.74, 6) is 7.64. The highest BCUT2D eigenvalue weighted by Gasteiger charge is 2.24. The van der Waals surface area contributed by atoms with Gasteiger partial charge in [-0.3, -0.25) is 11.3 Å². The molecule has 2 rings (SSSR count). The molecule has 1 aliphatic rings. The van der Waals surface area contributed by atoms with Crippen molar-refractivity contribution in [2.45, 2.75) is 37.6 Å². The molecule has 17 heavy (non-hydrogen) atoms. The number of thioether (sulfide) groups is 1. The van der Waals surface area contributed by atoms with Crippen molar-refractivity contribution in [3.05, 3.63) is 35.4 Å². The quantitative estimate of drug-likeness (QED) is 0.601. The Morgan fingerprint density at radius 2 is 2.18 bits per heavy atom. The van der Waals surface area contributed by atoms with Crippen LogP contribution in [0, 0.1) is 0 Å². The number of nitrogens with two attached hydrogens (primary N) is 1. The van der Waals surface area contributed by atoms with Crippen LogP contribution in [0.15, 0.2) is 24.3 Å². The molecule has 0 amide bonds. The van der Waals surface area contributed by atoms with Gasteiger partial charge in [-0.05, 0) is 48.3 Å². The Kier molecular flexibility index (Phi) is 4.89. The molecule has 0 aromatic heterocycles. The summed E-state index contributed by atoms with van der Waals surface area (Å²) < 4.78 is 0. The van der Waals surface area contributed by atoms with Gasteiger partial charge in [-0.15, -0.1) is 0 Å². The van der Waals surface area contributed by atoms with Gasteiger partial charge in [-0.25, -0.2) is 0 Å². The van der Waals surface area contributed by atoms with Crippen LogP contribution in [0.1, 0.15) is 48.8 Å². The molecule has 0 spiro atoms. The number of nitrogens with one attached hydrogen (secondary N) is 1. The molecule has 0 bridgehead atoms. The van der Waals surface area contributed by atoms with Crippen LogP contribution in [0.3, 0.4) is 0 Å². The van der Waals surface area contributed by atoms with Crippen molar-refractivity contribution in [2.75, 3.05) is 12.0 Å². The number of hydrogen-bond acceptors (Lipinski definition) is 3. The number of hydrogen-bond donors (Lipinski definition) is 2. The Labute approximate surface area is 108 Å². The summed E-state index contributed by atoms with van der Waals surface area (Å²) in [6.45, 7) is 0. The summed E-state index contributed by atoms with van der Waals surface area (Å²) in [6.07, 6.45) is 7.31. The molecule has 2 nitrogen and oxygen atoms in total. The Morgan fingerprint density at radius 3 is 2.76 bits per heavy atom. The zero-order valence-corrected chi connectivity index (χ0v) is 11.3. The molecule has 0 radical (unpaired) electrons. The average molecular weight is 250 g/mol. The fraction of sp³-hybridized carbons (Fsp3) is 0.571. The lowest BCUT2D eigenvalue weighted by molar-refractivity contribution is 0.410. The van der Waals surface area contributed by atoms with Crippen molar-refractivity contribution in [2.24, 2.45) is 5.84 Å². The van der Waals surface area contributed by atoms with Gasteiger partial charge in [0.15, 0.2) is 0 Å². The van der Waals surface area contributed by atoms with Gasteiger partial charge in [-0.1, -0.05) is 30.7 Å². The van der Waals surface area contributed by atoms with Crippen molar-refractivity contribution >= 4 is 11.8 Å². The summed E-state index contributed by atoms with van der Waals surface area (Å²) >= 11 is 1.88. The first kappa shape index (κ1) is 12.9. The summed E-state index contributed by atoms with van der Waals surface area (Å²) in [6, 6.07) is 9.10. The maximum absolute atomic E-state index is 5.71. The molecule has 3 heteroatoms. The first-order chi connectivity index (χ1) is 8.36. The second-order valence-electron chi connectivity index (χ2n) is 4.76. The molecule has 1 aliphatic carbocycles. The predicted octanol–water partition coefficient (Wildman–Crippen LogP) is 3.21. The van der Waals surface area contributed by atoms with Gasteiger partial charge < -0.3 is 0 Å². The minimum Gasteiger partial charge on any atom is -0.271 e. The van der Waals surface area contributed by atoms with Gasteiger partial charge in [-0.2, -0.15) is 11.8 Å². The molecule has 94 valence electrons. The van der Waals surface area contributed by atoms with Gasteiger partial charge in [0.1, 0.15) is 0 Å². The molecular weight excluding hydrogens is 228 g/mol. The van der Waals surface area contributed by atoms with Gasteiger partial charge in [0.2, 0.25) is 0 Å². The van der Waals surface area contributed by atoms with E-state index in [1.54, 1.807) is 0 Å². The fourth-order valence-corrected chi connectivity index (χ4v) is 2.95. The van der Waals surface area contributed by atoms with Crippen LogP contribution in [-0.4, -0.2) is 12.0 Å². The molecule has 0 heterocycles. The van der Waals surface area contributed by atoms with E-state index in [4.69, 9.17) is 5.84 Å². The van der Waals surface area contributed by atoms with Crippen molar-refractivity contribution in [1.82, 2.24) is 5.43 Å². The molecule has 1 aromatic carbocycles. The van der Waals surface area contributed by atoms with Gasteiger partial charge in [0, 0.05) is 6.04 Å². The van der Waals surface area contributed by atoms with Crippen LogP contribution in [0.25, 0.3) is 0 Å². The summed E-state index contributed by atoms with van der Waals surface area (Å²) in [5.41, 5.74) is 5.91. The second-order valence-corrected chi connectivity index (χ2v) is 5.74. The first-order valence-electron chi connectivity index (χ1n) is 6.40. The van der Waals surface area contributed by atoms with E-state index in [2.05, 4.69) is 35.9 Å². The van der Waals surface area contributed by atoms with E-state index in [-0.39, 0.29) is 0 Å². The zero-order chi connectivity index (χ0) is 12.1. The van der Waals surface area contributed by atoms with Gasteiger partial charge in [0.05, 0.1) is 0 Å². The lowest BCUT2D eigenvalue weighted by Crippen LogP contribution is -2.30. The Morgan fingerprint density at radius 1 is 1.41 bits per heavy atom. The maximum Gasteiger partial charge on any atom is 0.0470 e. The molecule has 0 saturated heterocycles. The highest BCUT2D eigenvalue weighted by Crippen LogP contribution is 2.39. The second kappa shape index (κ2) is 6.43. The number of hydrazine groups is 1. The topological polar surface area (TPSA) is 38.0 Å². The molecule has 0 aliphatic heterocycles. The van der Waals surface area contributed by atoms with E-state index >= 15 is 0 Å². The first-order valence-corrected chi connectivity index (χ1v) is 7.80. The van der Waals surface area contributed by atoms with Crippen LogP contribution in [-0.2, 0) is 0 Å². The van der Waals surface area contributed by atoms with E-state index in [0.29, 0.717) is 6.04 Å². The lowest BCUT2D eigenvalue weighted by atomic mass is 9.77. The SMILES string of the molecule is CSCCC(NN)c1ccccc1C1CCC1. The van der Waals surface area contributed by atoms with Crippen LogP contribution in [0.2, 0.25) is 0 Å². The zero-order valence-electron chi connectivity index (χ0n) is 10.5. The Bertz CT molecular complexity index is 350. The summed E-state index contributed by atoms with van der Waals surface area (Å²) in [7, 11) is 0. The van der Waals surface area contributed by atoms with E-state index < -0.39 is 0 Å². The minimum atomic E-state index is 0.305. The Hall–Kier alpha value is -0.510. The van der Waals surface area contributed by atoms with Crippen molar-refractivity contribution in [1.29, 1.82) is 0 Å². The summed E-state index contributed by atoms with van der Waals surface area (Å²) in [4.78, 5) is 0. The maximum atomic E-state index is 5.71. The molecule has 1 atom stereocenters. The van der Waals surface area contributed by atoms with Crippen LogP contribution in [0.5, 0.6) is 0 Å². The molecule has 1 fully saturated rings. The smallest absolute Gasteiger partial charge is 0.0470 e. The molecule has 1 unspecified atom stereocenters. The minimum absolute atomic E-state index is 0.305. The fourth-order valence-electron chi connectivity index (χ4n) is 2.48. The van der Waals surface area contributed by atoms with Crippen molar-refractivity contribution < 1.29 is 0 Å². The standard InChI is InChI=1S/C14H22N2S/c1-17-10-9-14(16-15)13-8-3-2-7-12(13)11-5-4-6-11/h2-3,7-8,11,14,16H,4-6,9-10,15H2,1H3. The number of rotatable bonds is 6. The third-order valence-corrected chi connectivity index (χ3v) is 4.37. The molecular formula is C14H22N2S. The van der Waals surface area contributed by atoms with E-state index in [1.165, 1.54) is 30.4 Å². The van der Waals surface area contributed by atoms with Crippen molar-refractivity contribution in [3.8, 4) is 0 Å². The average Bonchev–Trinajstić information content (AvgIpc) is 2.30. The molecule has 1 saturated carbocycles. The van der Waals surface area contributed by atoms with E-state index in [9.17, 15) is 0 Å². The third-order valence-electron chi connectivity index (χ3n) is 3.73. The number of benzene rings is 1. The van der Waals surface area contributed by atoms with E-state index in [0.717, 1.165) is 18.1 Å². The summed E-state index contributed by atoms with van der Waals surface area (Å²) in [5, 5.41) is 0. The normalized spacial score (nSPS) is 17.8. The highest BCUT2D eigenvalue weighted by molar-refractivity contribution is 7.98. The molecule has 1 aromatic rings. The van der Waals surface area contributed by atoms with Gasteiger partial charge >= 0.3 is 0 Å². The Balaban J connectivity index is 2.16. The van der Waals surface area contributed by atoms with E-state index in [1.807, 2.05) is 11.8 Å². The van der Waals surface area contributed by atoms with Crippen LogP contribution in [0.4, 0.5) is 0 Å². The van der Waals surface area contributed by atoms with Crippen LogP contribution >= 0.6 is 11.8 Å². The lowest BCUT2D eigenvalue weighted by Gasteiger charge is -2.30.